The van der Waals surface area contributed by atoms with Gasteiger partial charge in [0.25, 0.3) is 0 Å². The highest BCUT2D eigenvalue weighted by Crippen LogP contribution is 2.21. The molecule has 1 aromatic rings. The summed E-state index contributed by atoms with van der Waals surface area (Å²) >= 11 is 0. The van der Waals surface area contributed by atoms with Crippen molar-refractivity contribution < 1.29 is 23.8 Å². The first kappa shape index (κ1) is 18.5. The Morgan fingerprint density at radius 1 is 1.24 bits per heavy atom. The molecule has 0 aliphatic carbocycles. The number of carbonyl (C=O) groups is 2. The zero-order valence-corrected chi connectivity index (χ0v) is 14.5. The highest BCUT2D eigenvalue weighted by Gasteiger charge is 2.29. The molecule has 0 saturated carbocycles. The lowest BCUT2D eigenvalue weighted by molar-refractivity contribution is -0.140. The van der Waals surface area contributed by atoms with Gasteiger partial charge in [0.15, 0.2) is 0 Å². The fourth-order valence-corrected chi connectivity index (χ4v) is 2.44. The van der Waals surface area contributed by atoms with E-state index >= 15 is 0 Å². The van der Waals surface area contributed by atoms with E-state index in [0.717, 1.165) is 5.56 Å². The van der Waals surface area contributed by atoms with E-state index in [1.165, 1.54) is 7.11 Å². The lowest BCUT2D eigenvalue weighted by atomic mass is 10.0. The zero-order valence-electron chi connectivity index (χ0n) is 14.5. The Morgan fingerprint density at radius 3 is 2.72 bits per heavy atom. The fourth-order valence-electron chi connectivity index (χ4n) is 2.44. The van der Waals surface area contributed by atoms with Crippen LogP contribution < -0.4 is 15.4 Å². The predicted octanol–water partition coefficient (Wildman–Crippen LogP) is 1.85. The van der Waals surface area contributed by atoms with Gasteiger partial charge in [-0.05, 0) is 13.0 Å². The molecule has 0 bridgehead atoms. The number of amides is 2. The van der Waals surface area contributed by atoms with E-state index in [9.17, 15) is 9.59 Å². The van der Waals surface area contributed by atoms with Crippen molar-refractivity contribution in [3.8, 4) is 5.75 Å². The van der Waals surface area contributed by atoms with Crippen LogP contribution in [0.5, 0.6) is 5.75 Å². The van der Waals surface area contributed by atoms with Crippen molar-refractivity contribution in [1.82, 2.24) is 10.6 Å². The van der Waals surface area contributed by atoms with Crippen LogP contribution in [0.2, 0.25) is 0 Å². The van der Waals surface area contributed by atoms with Crippen molar-refractivity contribution in [2.45, 2.75) is 13.0 Å². The SMILES string of the molecule is COCCOC(=O)C1=C(C)NC(=O)NC1C=Cc1ccccc1OC. The molecule has 1 aliphatic rings. The average Bonchev–Trinajstić information content (AvgIpc) is 2.59. The van der Waals surface area contributed by atoms with Crippen molar-refractivity contribution in [1.29, 1.82) is 0 Å². The van der Waals surface area contributed by atoms with Gasteiger partial charge in [-0.3, -0.25) is 0 Å². The first-order valence-corrected chi connectivity index (χ1v) is 7.82. The first-order valence-electron chi connectivity index (χ1n) is 7.82. The smallest absolute Gasteiger partial charge is 0.338 e. The molecule has 2 rings (SSSR count). The molecule has 7 nitrogen and oxygen atoms in total. The van der Waals surface area contributed by atoms with Crippen LogP contribution in [0.15, 0.2) is 41.6 Å². The molecule has 1 atom stereocenters. The monoisotopic (exact) mass is 346 g/mol. The van der Waals surface area contributed by atoms with E-state index in [-0.39, 0.29) is 12.6 Å². The Bertz CT molecular complexity index is 696. The van der Waals surface area contributed by atoms with E-state index in [4.69, 9.17) is 14.2 Å². The summed E-state index contributed by atoms with van der Waals surface area (Å²) < 4.78 is 15.4. The molecule has 0 spiro atoms. The van der Waals surface area contributed by atoms with Crippen molar-refractivity contribution in [2.75, 3.05) is 27.4 Å². The van der Waals surface area contributed by atoms with E-state index in [2.05, 4.69) is 10.6 Å². The van der Waals surface area contributed by atoms with Crippen LogP contribution >= 0.6 is 0 Å². The average molecular weight is 346 g/mol. The number of methoxy groups -OCH3 is 2. The number of nitrogens with one attached hydrogen (secondary N) is 2. The Hall–Kier alpha value is -2.80. The van der Waals surface area contributed by atoms with Crippen LogP contribution in [0.3, 0.4) is 0 Å². The highest BCUT2D eigenvalue weighted by atomic mass is 16.6. The minimum atomic E-state index is -0.603. The molecule has 2 N–H and O–H groups in total. The number of hydrogen-bond acceptors (Lipinski definition) is 5. The van der Waals surface area contributed by atoms with E-state index < -0.39 is 12.0 Å². The third kappa shape index (κ3) is 4.84. The van der Waals surface area contributed by atoms with Gasteiger partial charge in [-0.25, -0.2) is 9.59 Å². The Balaban J connectivity index is 2.23. The largest absolute Gasteiger partial charge is 0.496 e. The summed E-state index contributed by atoms with van der Waals surface area (Å²) in [5, 5.41) is 5.30. The number of carbonyl (C=O) groups excluding carboxylic acids is 2. The Labute approximate surface area is 146 Å². The number of para-hydroxylation sites is 1. The maximum Gasteiger partial charge on any atom is 0.338 e. The summed E-state index contributed by atoms with van der Waals surface area (Å²) in [6, 6.07) is 6.48. The molecular weight excluding hydrogens is 324 g/mol. The second kappa shape index (κ2) is 8.89. The summed E-state index contributed by atoms with van der Waals surface area (Å²) in [5.74, 6) is 0.195. The number of allylic oxidation sites excluding steroid dienone is 1. The fraction of sp³-hybridized carbons (Fsp3) is 0.333. The van der Waals surface area contributed by atoms with Gasteiger partial charge in [-0.1, -0.05) is 30.4 Å². The lowest BCUT2D eigenvalue weighted by Gasteiger charge is -2.25. The molecule has 7 heteroatoms. The molecule has 134 valence electrons. The Morgan fingerprint density at radius 2 is 2.00 bits per heavy atom. The Kier molecular flexibility index (Phi) is 6.59. The van der Waals surface area contributed by atoms with Gasteiger partial charge in [0.1, 0.15) is 12.4 Å². The van der Waals surface area contributed by atoms with Gasteiger partial charge in [-0.2, -0.15) is 0 Å². The molecule has 2 amide bonds. The number of ether oxygens (including phenoxy) is 3. The summed E-state index contributed by atoms with van der Waals surface area (Å²) in [5.41, 5.74) is 1.64. The molecule has 0 saturated heterocycles. The summed E-state index contributed by atoms with van der Waals surface area (Å²) in [6.07, 6.45) is 3.53. The third-order valence-corrected chi connectivity index (χ3v) is 3.65. The maximum atomic E-state index is 12.3. The molecule has 1 aromatic carbocycles. The molecule has 0 fully saturated rings. The molecule has 1 aliphatic heterocycles. The normalized spacial score (nSPS) is 17.2. The quantitative estimate of drug-likeness (QED) is 0.581. The number of esters is 1. The summed E-state index contributed by atoms with van der Waals surface area (Å²) in [4.78, 5) is 24.1. The van der Waals surface area contributed by atoms with Crippen molar-refractivity contribution >= 4 is 18.1 Å². The third-order valence-electron chi connectivity index (χ3n) is 3.65. The zero-order chi connectivity index (χ0) is 18.2. The van der Waals surface area contributed by atoms with Crippen LogP contribution in [0.4, 0.5) is 4.79 Å². The van der Waals surface area contributed by atoms with Gasteiger partial charge in [0.2, 0.25) is 0 Å². The van der Waals surface area contributed by atoms with Gasteiger partial charge in [0, 0.05) is 18.4 Å². The van der Waals surface area contributed by atoms with Crippen LogP contribution in [0, 0.1) is 0 Å². The van der Waals surface area contributed by atoms with Crippen molar-refractivity contribution in [3.05, 3.63) is 47.2 Å². The second-order valence-electron chi connectivity index (χ2n) is 5.34. The first-order chi connectivity index (χ1) is 12.1. The van der Waals surface area contributed by atoms with Crippen molar-refractivity contribution in [2.24, 2.45) is 0 Å². The van der Waals surface area contributed by atoms with Crippen LogP contribution in [0.1, 0.15) is 12.5 Å². The molecular formula is C18H22N2O5. The molecule has 0 aromatic heterocycles. The minimum absolute atomic E-state index is 0.142. The van der Waals surface area contributed by atoms with Gasteiger partial charge in [-0.15, -0.1) is 0 Å². The number of benzene rings is 1. The molecule has 1 unspecified atom stereocenters. The molecule has 0 radical (unpaired) electrons. The summed E-state index contributed by atoms with van der Waals surface area (Å²) in [6.45, 7) is 2.11. The predicted molar refractivity (Wildman–Crippen MR) is 93.0 cm³/mol. The standard InChI is InChI=1S/C18H22N2O5/c1-12-16(17(21)25-11-10-23-2)14(20-18(22)19-12)9-8-13-6-4-5-7-15(13)24-3/h4-9,14H,10-11H2,1-3H3,(H2,19,20,22). The number of hydrogen-bond donors (Lipinski definition) is 2. The van der Waals surface area contributed by atoms with E-state index in [1.807, 2.05) is 24.3 Å². The van der Waals surface area contributed by atoms with Crippen LogP contribution in [-0.2, 0) is 14.3 Å². The topological polar surface area (TPSA) is 85.9 Å². The number of rotatable bonds is 7. The van der Waals surface area contributed by atoms with Crippen molar-refractivity contribution in [3.63, 3.8) is 0 Å². The van der Waals surface area contributed by atoms with Crippen LogP contribution in [-0.4, -0.2) is 45.5 Å². The summed E-state index contributed by atoms with van der Waals surface area (Å²) in [7, 11) is 3.11. The van der Waals surface area contributed by atoms with E-state index in [0.29, 0.717) is 23.6 Å². The second-order valence-corrected chi connectivity index (χ2v) is 5.34. The van der Waals surface area contributed by atoms with Crippen LogP contribution in [0.25, 0.3) is 6.08 Å². The molecule has 25 heavy (non-hydrogen) atoms. The minimum Gasteiger partial charge on any atom is -0.496 e. The van der Waals surface area contributed by atoms with Gasteiger partial charge >= 0.3 is 12.0 Å². The van der Waals surface area contributed by atoms with E-state index in [1.54, 1.807) is 26.2 Å². The van der Waals surface area contributed by atoms with Gasteiger partial charge < -0.3 is 24.8 Å². The van der Waals surface area contributed by atoms with Gasteiger partial charge in [0.05, 0.1) is 25.3 Å². The molecule has 1 heterocycles. The lowest BCUT2D eigenvalue weighted by Crippen LogP contribution is -2.49. The number of urea groups is 1. The maximum absolute atomic E-state index is 12.3. The highest BCUT2D eigenvalue weighted by molar-refractivity contribution is 5.95.